The van der Waals surface area contributed by atoms with Crippen LogP contribution >= 0.6 is 0 Å². The van der Waals surface area contributed by atoms with Gasteiger partial charge in [-0.25, -0.2) is 0 Å². The molecule has 90 valence electrons. The summed E-state index contributed by atoms with van der Waals surface area (Å²) >= 11 is 0. The predicted octanol–water partition coefficient (Wildman–Crippen LogP) is 3.84. The van der Waals surface area contributed by atoms with E-state index in [0.717, 1.165) is 12.8 Å². The molecule has 0 radical (unpaired) electrons. The highest BCUT2D eigenvalue weighted by atomic mass is 16.3. The second kappa shape index (κ2) is 4.03. The van der Waals surface area contributed by atoms with E-state index in [1.807, 2.05) is 0 Å². The number of hydrogen-bond donors (Lipinski definition) is 1. The van der Waals surface area contributed by atoms with E-state index in [-0.39, 0.29) is 5.41 Å². The summed E-state index contributed by atoms with van der Waals surface area (Å²) in [5, 5.41) is 9.31. The maximum atomic E-state index is 9.31. The molecule has 1 heteroatoms. The molecule has 0 aromatic heterocycles. The van der Waals surface area contributed by atoms with Crippen molar-refractivity contribution in [3.05, 3.63) is 23.3 Å². The standard InChI is InChI=1S/C15H24O/c1-12-5-4-7-14(2,3)13(12)6-8-15(11-16)9-10-15/h6,8,16H,4-5,7,9-11H2,1-3H3. The average molecular weight is 220 g/mol. The van der Waals surface area contributed by atoms with E-state index in [4.69, 9.17) is 0 Å². The van der Waals surface area contributed by atoms with Crippen LogP contribution in [0.3, 0.4) is 0 Å². The van der Waals surface area contributed by atoms with E-state index in [9.17, 15) is 5.11 Å². The van der Waals surface area contributed by atoms with Gasteiger partial charge in [0.05, 0.1) is 6.61 Å². The zero-order valence-corrected chi connectivity index (χ0v) is 10.8. The van der Waals surface area contributed by atoms with E-state index < -0.39 is 0 Å². The normalized spacial score (nSPS) is 27.5. The van der Waals surface area contributed by atoms with Gasteiger partial charge in [0.1, 0.15) is 0 Å². The number of allylic oxidation sites excluding steroid dienone is 3. The van der Waals surface area contributed by atoms with Gasteiger partial charge in [-0.05, 0) is 50.0 Å². The minimum Gasteiger partial charge on any atom is -0.395 e. The van der Waals surface area contributed by atoms with Crippen LogP contribution in [0.4, 0.5) is 0 Å². The first-order valence-electron chi connectivity index (χ1n) is 6.49. The van der Waals surface area contributed by atoms with Gasteiger partial charge in [0, 0.05) is 5.41 Å². The highest BCUT2D eigenvalue weighted by molar-refractivity contribution is 5.34. The summed E-state index contributed by atoms with van der Waals surface area (Å²) in [6.45, 7) is 7.26. The Hall–Kier alpha value is -0.560. The monoisotopic (exact) mass is 220 g/mol. The Kier molecular flexibility index (Phi) is 3.00. The Labute approximate surface area is 99.3 Å². The number of rotatable bonds is 3. The number of hydrogen-bond acceptors (Lipinski definition) is 1. The van der Waals surface area contributed by atoms with Crippen LogP contribution in [0.5, 0.6) is 0 Å². The molecule has 2 aliphatic carbocycles. The van der Waals surface area contributed by atoms with Crippen molar-refractivity contribution in [2.75, 3.05) is 6.61 Å². The molecule has 0 bridgehead atoms. The first-order valence-corrected chi connectivity index (χ1v) is 6.49. The topological polar surface area (TPSA) is 20.2 Å². The average Bonchev–Trinajstić information content (AvgIpc) is 2.97. The molecule has 0 aromatic carbocycles. The third-order valence-electron chi connectivity index (χ3n) is 4.35. The van der Waals surface area contributed by atoms with Crippen molar-refractivity contribution >= 4 is 0 Å². The van der Waals surface area contributed by atoms with E-state index in [1.54, 1.807) is 5.57 Å². The van der Waals surface area contributed by atoms with Gasteiger partial charge in [0.25, 0.3) is 0 Å². The fraction of sp³-hybridized carbons (Fsp3) is 0.733. The Morgan fingerprint density at radius 1 is 1.25 bits per heavy atom. The molecule has 0 atom stereocenters. The molecule has 2 rings (SSSR count). The molecule has 1 nitrogen and oxygen atoms in total. The van der Waals surface area contributed by atoms with E-state index in [1.165, 1.54) is 24.8 Å². The summed E-state index contributed by atoms with van der Waals surface area (Å²) in [5.41, 5.74) is 3.52. The van der Waals surface area contributed by atoms with E-state index in [2.05, 4.69) is 32.9 Å². The molecule has 16 heavy (non-hydrogen) atoms. The van der Waals surface area contributed by atoms with Crippen LogP contribution in [0, 0.1) is 10.8 Å². The first-order chi connectivity index (χ1) is 7.49. The minimum absolute atomic E-state index is 0.140. The number of aliphatic hydroxyl groups is 1. The summed E-state index contributed by atoms with van der Waals surface area (Å²) in [7, 11) is 0. The van der Waals surface area contributed by atoms with Crippen LogP contribution in [0.25, 0.3) is 0 Å². The summed E-state index contributed by atoms with van der Waals surface area (Å²) < 4.78 is 0. The maximum Gasteiger partial charge on any atom is 0.0522 e. The second-order valence-corrected chi connectivity index (χ2v) is 6.29. The molecule has 0 spiro atoms. The Morgan fingerprint density at radius 3 is 2.44 bits per heavy atom. The highest BCUT2D eigenvalue weighted by Gasteiger charge is 2.39. The van der Waals surface area contributed by atoms with Gasteiger partial charge in [0.2, 0.25) is 0 Å². The number of aliphatic hydroxyl groups excluding tert-OH is 1. The van der Waals surface area contributed by atoms with Crippen LogP contribution in [0.15, 0.2) is 23.3 Å². The van der Waals surface area contributed by atoms with Crippen molar-refractivity contribution in [1.82, 2.24) is 0 Å². The van der Waals surface area contributed by atoms with Crippen molar-refractivity contribution < 1.29 is 5.11 Å². The molecular formula is C15H24O. The maximum absolute atomic E-state index is 9.31. The second-order valence-electron chi connectivity index (χ2n) is 6.29. The molecular weight excluding hydrogens is 196 g/mol. The predicted molar refractivity (Wildman–Crippen MR) is 68.2 cm³/mol. The third kappa shape index (κ3) is 2.24. The lowest BCUT2D eigenvalue weighted by Gasteiger charge is -2.33. The van der Waals surface area contributed by atoms with Crippen LogP contribution in [-0.4, -0.2) is 11.7 Å². The Balaban J connectivity index is 2.18. The molecule has 2 aliphatic rings. The van der Waals surface area contributed by atoms with Crippen LogP contribution < -0.4 is 0 Å². The van der Waals surface area contributed by atoms with Crippen molar-refractivity contribution in [1.29, 1.82) is 0 Å². The van der Waals surface area contributed by atoms with Crippen LogP contribution in [0.2, 0.25) is 0 Å². The molecule has 0 saturated heterocycles. The molecule has 0 heterocycles. The third-order valence-corrected chi connectivity index (χ3v) is 4.35. The van der Waals surface area contributed by atoms with Gasteiger partial charge >= 0.3 is 0 Å². The van der Waals surface area contributed by atoms with E-state index >= 15 is 0 Å². The fourth-order valence-corrected chi connectivity index (χ4v) is 2.81. The largest absolute Gasteiger partial charge is 0.395 e. The smallest absolute Gasteiger partial charge is 0.0522 e. The van der Waals surface area contributed by atoms with Crippen molar-refractivity contribution in [2.24, 2.45) is 10.8 Å². The molecule has 0 aromatic rings. The molecule has 0 amide bonds. The first kappa shape index (κ1) is 11.9. The van der Waals surface area contributed by atoms with Crippen molar-refractivity contribution in [3.8, 4) is 0 Å². The van der Waals surface area contributed by atoms with Crippen molar-refractivity contribution in [3.63, 3.8) is 0 Å². The molecule has 1 N–H and O–H groups in total. The van der Waals surface area contributed by atoms with Gasteiger partial charge in [0.15, 0.2) is 0 Å². The zero-order chi connectivity index (χ0) is 11.8. The van der Waals surface area contributed by atoms with Gasteiger partial charge in [-0.15, -0.1) is 0 Å². The zero-order valence-electron chi connectivity index (χ0n) is 10.8. The van der Waals surface area contributed by atoms with Gasteiger partial charge in [-0.2, -0.15) is 0 Å². The molecule has 0 unspecified atom stereocenters. The highest BCUT2D eigenvalue weighted by Crippen LogP contribution is 2.48. The summed E-state index contributed by atoms with van der Waals surface area (Å²) in [6, 6.07) is 0. The van der Waals surface area contributed by atoms with Crippen molar-refractivity contribution in [2.45, 2.75) is 52.9 Å². The summed E-state index contributed by atoms with van der Waals surface area (Å²) in [5.74, 6) is 0. The fourth-order valence-electron chi connectivity index (χ4n) is 2.81. The van der Waals surface area contributed by atoms with Gasteiger partial charge in [-0.1, -0.05) is 31.6 Å². The molecule has 0 aliphatic heterocycles. The minimum atomic E-state index is 0.140. The molecule has 1 fully saturated rings. The van der Waals surface area contributed by atoms with Gasteiger partial charge < -0.3 is 5.11 Å². The Bertz CT molecular complexity index is 329. The van der Waals surface area contributed by atoms with Crippen LogP contribution in [-0.2, 0) is 0 Å². The van der Waals surface area contributed by atoms with Gasteiger partial charge in [-0.3, -0.25) is 0 Å². The SMILES string of the molecule is CC1=C(C=CC2(CO)CC2)C(C)(C)CCC1. The summed E-state index contributed by atoms with van der Waals surface area (Å²) in [4.78, 5) is 0. The molecule has 1 saturated carbocycles. The van der Waals surface area contributed by atoms with E-state index in [0.29, 0.717) is 12.0 Å². The quantitative estimate of drug-likeness (QED) is 0.766. The Morgan fingerprint density at radius 2 is 1.94 bits per heavy atom. The lowest BCUT2D eigenvalue weighted by Crippen LogP contribution is -2.19. The van der Waals surface area contributed by atoms with Crippen LogP contribution in [0.1, 0.15) is 52.9 Å². The lowest BCUT2D eigenvalue weighted by atomic mass is 9.72. The summed E-state index contributed by atoms with van der Waals surface area (Å²) in [6.07, 6.45) is 10.7. The lowest BCUT2D eigenvalue weighted by molar-refractivity contribution is 0.241.